The maximum Gasteiger partial charge on any atom is 0.177 e. The minimum Gasteiger partial charge on any atom is -0.294 e. The number of benzene rings is 1. The molecule has 0 aliphatic rings. The van der Waals surface area contributed by atoms with E-state index >= 15 is 0 Å². The van der Waals surface area contributed by atoms with Crippen LogP contribution >= 0.6 is 0 Å². The monoisotopic (exact) mass is 148 g/mol. The van der Waals surface area contributed by atoms with Crippen LogP contribution in [0.5, 0.6) is 5.75 Å². The fourth-order valence-electron chi connectivity index (χ4n) is 0.573. The largest absolute Gasteiger partial charge is 0.294 e. The molecule has 54 valence electrons. The van der Waals surface area contributed by atoms with Crippen molar-refractivity contribution in [3.63, 3.8) is 0 Å². The van der Waals surface area contributed by atoms with Crippen molar-refractivity contribution in [3.8, 4) is 5.75 Å². The summed E-state index contributed by atoms with van der Waals surface area (Å²) in [5.74, 6) is -2.21. The third-order valence-corrected chi connectivity index (χ3v) is 0.925. The molecule has 0 aliphatic heterocycles. The standard InChI is InChI=1S/C6H3F3O/c7-4-1-5(8)3-6(2-4)10-9/h1-3H. The van der Waals surface area contributed by atoms with Crippen LogP contribution in [0.2, 0.25) is 0 Å². The predicted octanol–water partition coefficient (Wildman–Crippen LogP) is 2.23. The summed E-state index contributed by atoms with van der Waals surface area (Å²) >= 11 is 0. The molecular formula is C6H3F3O. The van der Waals surface area contributed by atoms with Crippen LogP contribution in [0.15, 0.2) is 18.2 Å². The average molecular weight is 148 g/mol. The van der Waals surface area contributed by atoms with E-state index in [0.717, 1.165) is 12.1 Å². The number of hydrogen-bond acceptors (Lipinski definition) is 1. The van der Waals surface area contributed by atoms with Crippen molar-refractivity contribution >= 4 is 0 Å². The summed E-state index contributed by atoms with van der Waals surface area (Å²) in [7, 11) is 0. The minimum atomic E-state index is -0.868. The van der Waals surface area contributed by atoms with Gasteiger partial charge in [0.2, 0.25) is 0 Å². The molecule has 1 nitrogen and oxygen atoms in total. The van der Waals surface area contributed by atoms with Crippen LogP contribution in [0.4, 0.5) is 13.3 Å². The van der Waals surface area contributed by atoms with Crippen LogP contribution in [0.25, 0.3) is 0 Å². The Kier molecular flexibility index (Phi) is 1.80. The second-order valence-corrected chi connectivity index (χ2v) is 1.68. The molecule has 0 atom stereocenters. The molecule has 0 N–H and O–H groups in total. The van der Waals surface area contributed by atoms with Gasteiger partial charge >= 0.3 is 0 Å². The van der Waals surface area contributed by atoms with Crippen molar-refractivity contribution in [1.82, 2.24) is 0 Å². The van der Waals surface area contributed by atoms with E-state index in [-0.39, 0.29) is 0 Å². The summed E-state index contributed by atoms with van der Waals surface area (Å²) in [4.78, 5) is 3.10. The number of hydrogen-bond donors (Lipinski definition) is 0. The Morgan fingerprint density at radius 2 is 1.50 bits per heavy atom. The average Bonchev–Trinajstić information content (AvgIpc) is 1.85. The zero-order chi connectivity index (χ0) is 7.56. The van der Waals surface area contributed by atoms with E-state index in [1.54, 1.807) is 0 Å². The van der Waals surface area contributed by atoms with Crippen LogP contribution < -0.4 is 4.94 Å². The molecule has 0 spiro atoms. The first kappa shape index (κ1) is 6.92. The summed E-state index contributed by atoms with van der Waals surface area (Å²) in [5.41, 5.74) is 0. The van der Waals surface area contributed by atoms with Gasteiger partial charge in [-0.2, -0.15) is 0 Å². The Labute approximate surface area is 54.9 Å². The van der Waals surface area contributed by atoms with Gasteiger partial charge in [-0.3, -0.25) is 4.94 Å². The van der Waals surface area contributed by atoms with Crippen molar-refractivity contribution in [2.75, 3.05) is 0 Å². The van der Waals surface area contributed by atoms with Gasteiger partial charge in [-0.15, -0.1) is 0 Å². The molecule has 0 heterocycles. The first-order valence-electron chi connectivity index (χ1n) is 2.47. The summed E-state index contributed by atoms with van der Waals surface area (Å²) in [6, 6.07) is 2.11. The van der Waals surface area contributed by atoms with Gasteiger partial charge in [-0.1, -0.05) is 0 Å². The molecule has 4 heteroatoms. The van der Waals surface area contributed by atoms with Crippen molar-refractivity contribution in [3.05, 3.63) is 29.8 Å². The molecule has 0 radical (unpaired) electrons. The number of rotatable bonds is 1. The van der Waals surface area contributed by atoms with Crippen LogP contribution in [0.1, 0.15) is 0 Å². The van der Waals surface area contributed by atoms with Crippen molar-refractivity contribution < 1.29 is 18.2 Å². The summed E-state index contributed by atoms with van der Waals surface area (Å²) in [6.45, 7) is 0. The van der Waals surface area contributed by atoms with Crippen LogP contribution in [0.3, 0.4) is 0 Å². The van der Waals surface area contributed by atoms with Gasteiger partial charge in [-0.05, 0) is 0 Å². The Balaban J connectivity index is 3.06. The molecular weight excluding hydrogens is 145 g/mol. The van der Waals surface area contributed by atoms with E-state index in [1.807, 2.05) is 0 Å². The fraction of sp³-hybridized carbons (Fsp3) is 0. The Bertz CT molecular complexity index is 216. The van der Waals surface area contributed by atoms with Gasteiger partial charge in [-0.25, -0.2) is 8.78 Å². The van der Waals surface area contributed by atoms with E-state index < -0.39 is 17.4 Å². The first-order chi connectivity index (χ1) is 4.72. The lowest BCUT2D eigenvalue weighted by Gasteiger charge is -1.93. The van der Waals surface area contributed by atoms with Crippen molar-refractivity contribution in [1.29, 1.82) is 0 Å². The highest BCUT2D eigenvalue weighted by atomic mass is 19.3. The fourth-order valence-corrected chi connectivity index (χ4v) is 0.573. The first-order valence-corrected chi connectivity index (χ1v) is 2.47. The molecule has 0 amide bonds. The second kappa shape index (κ2) is 2.60. The molecule has 1 aromatic carbocycles. The van der Waals surface area contributed by atoms with E-state index in [9.17, 15) is 13.3 Å². The van der Waals surface area contributed by atoms with Crippen molar-refractivity contribution in [2.45, 2.75) is 0 Å². The molecule has 0 aromatic heterocycles. The molecule has 0 aliphatic carbocycles. The van der Waals surface area contributed by atoms with Gasteiger partial charge in [0, 0.05) is 22.7 Å². The lowest BCUT2D eigenvalue weighted by Crippen LogP contribution is -1.82. The Hall–Kier alpha value is -1.19. The van der Waals surface area contributed by atoms with Crippen LogP contribution in [-0.4, -0.2) is 0 Å². The van der Waals surface area contributed by atoms with Crippen LogP contribution in [0, 0.1) is 11.6 Å². The van der Waals surface area contributed by atoms with E-state index in [2.05, 4.69) is 4.94 Å². The van der Waals surface area contributed by atoms with Gasteiger partial charge in [0.25, 0.3) is 0 Å². The quantitative estimate of drug-likeness (QED) is 0.593. The second-order valence-electron chi connectivity index (χ2n) is 1.68. The summed E-state index contributed by atoms with van der Waals surface area (Å²) < 4.78 is 35.5. The summed E-state index contributed by atoms with van der Waals surface area (Å²) in [5, 5.41) is 0. The van der Waals surface area contributed by atoms with Gasteiger partial charge in [0.1, 0.15) is 11.6 Å². The SMILES string of the molecule is FOc1cc(F)cc(F)c1. The topological polar surface area (TPSA) is 9.23 Å². The highest BCUT2D eigenvalue weighted by Gasteiger charge is 2.00. The zero-order valence-corrected chi connectivity index (χ0v) is 4.77. The van der Waals surface area contributed by atoms with Crippen LogP contribution in [-0.2, 0) is 0 Å². The smallest absolute Gasteiger partial charge is 0.177 e. The third-order valence-electron chi connectivity index (χ3n) is 0.925. The highest BCUT2D eigenvalue weighted by molar-refractivity contribution is 5.22. The van der Waals surface area contributed by atoms with E-state index in [0.29, 0.717) is 6.07 Å². The summed E-state index contributed by atoms with van der Waals surface area (Å²) in [6.07, 6.45) is 0. The van der Waals surface area contributed by atoms with Crippen molar-refractivity contribution in [2.24, 2.45) is 0 Å². The van der Waals surface area contributed by atoms with E-state index in [4.69, 9.17) is 0 Å². The minimum absolute atomic E-state index is 0.475. The normalized spacial score (nSPS) is 9.50. The van der Waals surface area contributed by atoms with E-state index in [1.165, 1.54) is 0 Å². The Morgan fingerprint density at radius 3 is 1.90 bits per heavy atom. The molecule has 0 unspecified atom stereocenters. The molecule has 0 saturated heterocycles. The number of halogens is 3. The maximum absolute atomic E-state index is 12.1. The van der Waals surface area contributed by atoms with Gasteiger partial charge < -0.3 is 0 Å². The Morgan fingerprint density at radius 1 is 1.00 bits per heavy atom. The molecule has 1 rings (SSSR count). The lowest BCUT2D eigenvalue weighted by molar-refractivity contribution is -0.00691. The predicted molar refractivity (Wildman–Crippen MR) is 28.1 cm³/mol. The molecule has 0 saturated carbocycles. The molecule has 0 fully saturated rings. The molecule has 10 heavy (non-hydrogen) atoms. The zero-order valence-electron chi connectivity index (χ0n) is 4.77. The van der Waals surface area contributed by atoms with Gasteiger partial charge in [0.15, 0.2) is 5.75 Å². The maximum atomic E-state index is 12.1. The highest BCUT2D eigenvalue weighted by Crippen LogP contribution is 2.14. The lowest BCUT2D eigenvalue weighted by atomic mass is 10.3. The molecule has 1 aromatic rings. The van der Waals surface area contributed by atoms with Gasteiger partial charge in [0.05, 0.1) is 0 Å². The molecule has 0 bridgehead atoms. The third kappa shape index (κ3) is 1.40.